The number of nitrogens with one attached hydrogen (secondary N) is 1. The molecule has 0 fully saturated rings. The highest BCUT2D eigenvalue weighted by Crippen LogP contribution is 2.11. The molecule has 0 atom stereocenters. The lowest BCUT2D eigenvalue weighted by Gasteiger charge is -2.07. The van der Waals surface area contributed by atoms with Crippen molar-refractivity contribution >= 4 is 0 Å². The maximum Gasteiger partial charge on any atom is 0.0587 e. The lowest BCUT2D eigenvalue weighted by Crippen LogP contribution is -2.18. The van der Waals surface area contributed by atoms with Crippen molar-refractivity contribution in [3.8, 4) is 0 Å². The molecule has 0 unspecified atom stereocenters. The zero-order valence-corrected chi connectivity index (χ0v) is 14.2. The Hall–Kier alpha value is -0.870. The molecule has 0 saturated carbocycles. The fraction of sp³-hybridized carbons (Fsp3) is 0.824. The van der Waals surface area contributed by atoms with Gasteiger partial charge in [0.2, 0.25) is 0 Å². The Labute approximate surface area is 130 Å². The smallest absolute Gasteiger partial charge is 0.0587 e. The van der Waals surface area contributed by atoms with Crippen LogP contribution in [-0.2, 0) is 17.8 Å². The number of methoxy groups -OCH3 is 1. The van der Waals surface area contributed by atoms with E-state index in [0.717, 1.165) is 26.2 Å². The van der Waals surface area contributed by atoms with Gasteiger partial charge in [-0.2, -0.15) is 5.10 Å². The molecule has 21 heavy (non-hydrogen) atoms. The molecule has 1 heterocycles. The van der Waals surface area contributed by atoms with E-state index in [1.54, 1.807) is 7.11 Å². The van der Waals surface area contributed by atoms with Gasteiger partial charge in [-0.1, -0.05) is 45.4 Å². The van der Waals surface area contributed by atoms with E-state index >= 15 is 0 Å². The van der Waals surface area contributed by atoms with Gasteiger partial charge in [0.25, 0.3) is 0 Å². The summed E-state index contributed by atoms with van der Waals surface area (Å²) < 4.78 is 7.18. The van der Waals surface area contributed by atoms with Crippen LogP contribution in [0.4, 0.5) is 0 Å². The molecule has 0 aliphatic rings. The van der Waals surface area contributed by atoms with Crippen molar-refractivity contribution in [3.05, 3.63) is 17.5 Å². The second-order valence-electron chi connectivity index (χ2n) is 5.77. The minimum Gasteiger partial charge on any atom is -0.383 e. The van der Waals surface area contributed by atoms with Gasteiger partial charge in [-0.25, -0.2) is 0 Å². The summed E-state index contributed by atoms with van der Waals surface area (Å²) in [4.78, 5) is 0. The Balaban J connectivity index is 2.16. The quantitative estimate of drug-likeness (QED) is 0.564. The molecule has 0 bridgehead atoms. The Morgan fingerprint density at radius 3 is 2.57 bits per heavy atom. The Morgan fingerprint density at radius 2 is 1.86 bits per heavy atom. The first-order chi connectivity index (χ1) is 10.3. The Morgan fingerprint density at radius 1 is 1.14 bits per heavy atom. The van der Waals surface area contributed by atoms with E-state index in [1.807, 2.05) is 6.20 Å². The van der Waals surface area contributed by atoms with Crippen molar-refractivity contribution in [1.29, 1.82) is 0 Å². The molecular weight excluding hydrogens is 262 g/mol. The van der Waals surface area contributed by atoms with E-state index in [2.05, 4.69) is 28.9 Å². The van der Waals surface area contributed by atoms with E-state index in [-0.39, 0.29) is 0 Å². The third kappa shape index (κ3) is 7.63. The van der Waals surface area contributed by atoms with E-state index < -0.39 is 0 Å². The molecule has 1 rings (SSSR count). The van der Waals surface area contributed by atoms with E-state index in [4.69, 9.17) is 4.74 Å². The van der Waals surface area contributed by atoms with Crippen LogP contribution >= 0.6 is 0 Å². The van der Waals surface area contributed by atoms with Crippen molar-refractivity contribution in [2.24, 2.45) is 0 Å². The van der Waals surface area contributed by atoms with Crippen molar-refractivity contribution < 1.29 is 4.74 Å². The summed E-state index contributed by atoms with van der Waals surface area (Å²) in [6.07, 6.45) is 11.4. The van der Waals surface area contributed by atoms with Crippen molar-refractivity contribution in [3.63, 3.8) is 0 Å². The van der Waals surface area contributed by atoms with Gasteiger partial charge < -0.3 is 10.1 Å². The van der Waals surface area contributed by atoms with Gasteiger partial charge in [-0.15, -0.1) is 0 Å². The van der Waals surface area contributed by atoms with Gasteiger partial charge in [0.05, 0.1) is 12.8 Å². The number of hydrogen-bond acceptors (Lipinski definition) is 3. The second kappa shape index (κ2) is 11.8. The van der Waals surface area contributed by atoms with Gasteiger partial charge in [0.1, 0.15) is 0 Å². The highest BCUT2D eigenvalue weighted by molar-refractivity contribution is 5.15. The van der Waals surface area contributed by atoms with Crippen LogP contribution in [0.3, 0.4) is 0 Å². The van der Waals surface area contributed by atoms with Crippen LogP contribution in [0.15, 0.2) is 6.20 Å². The highest BCUT2D eigenvalue weighted by Gasteiger charge is 2.05. The first-order valence-corrected chi connectivity index (χ1v) is 8.50. The molecular formula is C17H33N3O. The monoisotopic (exact) mass is 295 g/mol. The second-order valence-corrected chi connectivity index (χ2v) is 5.77. The molecule has 1 aromatic heterocycles. The fourth-order valence-electron chi connectivity index (χ4n) is 2.50. The standard InChI is InChI=1S/C17H33N3O/c1-4-5-6-7-8-9-10-12-20-16(2)17(15-19-20)14-18-11-13-21-3/h15,18H,4-14H2,1-3H3. The third-order valence-corrected chi connectivity index (χ3v) is 3.98. The predicted octanol–water partition coefficient (Wildman–Crippen LogP) is 3.68. The number of unbranched alkanes of at least 4 members (excludes halogenated alkanes) is 6. The van der Waals surface area contributed by atoms with E-state index in [0.29, 0.717) is 0 Å². The largest absolute Gasteiger partial charge is 0.383 e. The zero-order valence-electron chi connectivity index (χ0n) is 14.2. The number of aryl methyl sites for hydroxylation is 1. The molecule has 4 heteroatoms. The molecule has 0 saturated heterocycles. The first-order valence-electron chi connectivity index (χ1n) is 8.50. The topological polar surface area (TPSA) is 39.1 Å². The van der Waals surface area contributed by atoms with Gasteiger partial charge in [0.15, 0.2) is 0 Å². The van der Waals surface area contributed by atoms with Crippen LogP contribution in [0.5, 0.6) is 0 Å². The summed E-state index contributed by atoms with van der Waals surface area (Å²) in [5.41, 5.74) is 2.60. The molecule has 0 aromatic carbocycles. The summed E-state index contributed by atoms with van der Waals surface area (Å²) in [6.45, 7) is 8.01. The summed E-state index contributed by atoms with van der Waals surface area (Å²) in [6, 6.07) is 0. The first kappa shape index (κ1) is 18.2. The van der Waals surface area contributed by atoms with Gasteiger partial charge in [-0.05, 0) is 13.3 Å². The average molecular weight is 295 g/mol. The molecule has 0 spiro atoms. The average Bonchev–Trinajstić information content (AvgIpc) is 2.84. The lowest BCUT2D eigenvalue weighted by atomic mass is 10.1. The highest BCUT2D eigenvalue weighted by atomic mass is 16.5. The molecule has 1 N–H and O–H groups in total. The molecule has 122 valence electrons. The summed E-state index contributed by atoms with van der Waals surface area (Å²) >= 11 is 0. The molecule has 4 nitrogen and oxygen atoms in total. The predicted molar refractivity (Wildman–Crippen MR) is 88.5 cm³/mol. The lowest BCUT2D eigenvalue weighted by molar-refractivity contribution is 0.199. The number of ether oxygens (including phenoxy) is 1. The number of nitrogens with zero attached hydrogens (tertiary/aromatic N) is 2. The van der Waals surface area contributed by atoms with E-state index in [1.165, 1.54) is 56.2 Å². The van der Waals surface area contributed by atoms with Crippen LogP contribution < -0.4 is 5.32 Å². The minimum atomic E-state index is 0.755. The van der Waals surface area contributed by atoms with Crippen molar-refractivity contribution in [1.82, 2.24) is 15.1 Å². The Bertz CT molecular complexity index is 363. The SMILES string of the molecule is CCCCCCCCCn1ncc(CNCCOC)c1C. The molecule has 0 radical (unpaired) electrons. The van der Waals surface area contributed by atoms with Crippen LogP contribution in [0, 0.1) is 6.92 Å². The summed E-state index contributed by atoms with van der Waals surface area (Å²) in [5, 5.41) is 7.88. The minimum absolute atomic E-state index is 0.755. The molecule has 0 aliphatic carbocycles. The van der Waals surface area contributed by atoms with Gasteiger partial charge >= 0.3 is 0 Å². The van der Waals surface area contributed by atoms with Crippen molar-refractivity contribution in [2.45, 2.75) is 71.9 Å². The number of aromatic nitrogens is 2. The molecule has 0 aliphatic heterocycles. The molecule has 1 aromatic rings. The number of rotatable bonds is 13. The summed E-state index contributed by atoms with van der Waals surface area (Å²) in [5.74, 6) is 0. The van der Waals surface area contributed by atoms with Gasteiger partial charge in [0, 0.05) is 38.0 Å². The Kier molecular flexibility index (Phi) is 10.2. The van der Waals surface area contributed by atoms with E-state index in [9.17, 15) is 0 Å². The van der Waals surface area contributed by atoms with Crippen LogP contribution in [0.1, 0.15) is 63.1 Å². The summed E-state index contributed by atoms with van der Waals surface area (Å²) in [7, 11) is 1.73. The fourth-order valence-corrected chi connectivity index (χ4v) is 2.50. The van der Waals surface area contributed by atoms with Crippen LogP contribution in [0.2, 0.25) is 0 Å². The molecule has 0 amide bonds. The normalized spacial score (nSPS) is 11.2. The van der Waals surface area contributed by atoms with Crippen molar-refractivity contribution in [2.75, 3.05) is 20.3 Å². The maximum absolute atomic E-state index is 5.03. The third-order valence-electron chi connectivity index (χ3n) is 3.98. The maximum atomic E-state index is 5.03. The van der Waals surface area contributed by atoms with Crippen LogP contribution in [0.25, 0.3) is 0 Å². The number of hydrogen-bond donors (Lipinski definition) is 1. The zero-order chi connectivity index (χ0) is 15.3. The van der Waals surface area contributed by atoms with Crippen LogP contribution in [-0.4, -0.2) is 30.0 Å². The van der Waals surface area contributed by atoms with Gasteiger partial charge in [-0.3, -0.25) is 4.68 Å².